The average Bonchev–Trinajstić information content (AvgIpc) is 3.37. The van der Waals surface area contributed by atoms with E-state index in [1.807, 2.05) is 12.3 Å². The van der Waals surface area contributed by atoms with Gasteiger partial charge in [-0.3, -0.25) is 9.79 Å². The normalized spacial score (nSPS) is 25.0. The van der Waals surface area contributed by atoms with Crippen molar-refractivity contribution in [2.75, 3.05) is 18.0 Å². The van der Waals surface area contributed by atoms with Gasteiger partial charge in [-0.1, -0.05) is 13.5 Å². The van der Waals surface area contributed by atoms with E-state index in [1.165, 1.54) is 13.1 Å². The van der Waals surface area contributed by atoms with E-state index in [0.29, 0.717) is 24.2 Å². The molecule has 7 nitrogen and oxygen atoms in total. The molecule has 2 bridgehead atoms. The van der Waals surface area contributed by atoms with Crippen LogP contribution < -0.4 is 10.2 Å². The third-order valence-corrected chi connectivity index (χ3v) is 5.80. The average molecular weight is 410 g/mol. The van der Waals surface area contributed by atoms with E-state index in [2.05, 4.69) is 33.8 Å². The summed E-state index contributed by atoms with van der Waals surface area (Å²) in [6.45, 7) is 9.19. The summed E-state index contributed by atoms with van der Waals surface area (Å²) in [5.74, 6) is 0.502. The number of carbonyl (C=O) groups is 1. The van der Waals surface area contributed by atoms with Gasteiger partial charge < -0.3 is 10.2 Å². The van der Waals surface area contributed by atoms with Crippen molar-refractivity contribution in [1.82, 2.24) is 19.9 Å². The van der Waals surface area contributed by atoms with Crippen LogP contribution in [0.15, 0.2) is 47.6 Å². The lowest BCUT2D eigenvalue weighted by atomic mass is 9.94. The lowest BCUT2D eigenvalue weighted by Crippen LogP contribution is -2.34. The maximum Gasteiger partial charge on any atom is 0.256 e. The molecule has 1 N–H and O–H groups in total. The maximum atomic E-state index is 13.4. The largest absolute Gasteiger partial charge is 0.352 e. The summed E-state index contributed by atoms with van der Waals surface area (Å²) >= 11 is 0. The number of hydrogen-bond donors (Lipinski definition) is 1. The van der Waals surface area contributed by atoms with Crippen LogP contribution in [0, 0.1) is 5.92 Å². The predicted molar refractivity (Wildman–Crippen MR) is 116 cm³/mol. The topological polar surface area (TPSA) is 74.9 Å². The summed E-state index contributed by atoms with van der Waals surface area (Å²) in [5.41, 5.74) is 2.73. The Morgan fingerprint density at radius 1 is 1.43 bits per heavy atom. The summed E-state index contributed by atoms with van der Waals surface area (Å²) in [4.78, 5) is 24.1. The Bertz CT molecular complexity index is 1040. The number of aromatic nitrogens is 3. The monoisotopic (exact) mass is 410 g/mol. The van der Waals surface area contributed by atoms with Gasteiger partial charge in [0.05, 0.1) is 18.4 Å². The Morgan fingerprint density at radius 2 is 2.27 bits per heavy atom. The first-order chi connectivity index (χ1) is 14.4. The van der Waals surface area contributed by atoms with E-state index in [4.69, 9.17) is 4.98 Å². The molecule has 2 aliphatic rings. The number of halogens is 1. The highest BCUT2D eigenvalue weighted by molar-refractivity contribution is 6.02. The zero-order valence-corrected chi connectivity index (χ0v) is 17.4. The summed E-state index contributed by atoms with van der Waals surface area (Å²) < 4.78 is 15.0. The van der Waals surface area contributed by atoms with Gasteiger partial charge in [-0.05, 0) is 50.2 Å². The zero-order chi connectivity index (χ0) is 21.3. The van der Waals surface area contributed by atoms with E-state index >= 15 is 0 Å². The minimum atomic E-state index is -0.335. The highest BCUT2D eigenvalue weighted by Crippen LogP contribution is 2.30. The van der Waals surface area contributed by atoms with Gasteiger partial charge in [0.15, 0.2) is 5.65 Å². The molecule has 1 fully saturated rings. The van der Waals surface area contributed by atoms with E-state index in [-0.39, 0.29) is 23.7 Å². The Kier molecular flexibility index (Phi) is 5.65. The number of carbonyl (C=O) groups excluding carboxylic acids is 1. The molecule has 158 valence electrons. The number of fused-ring (bicyclic) bond motifs is 3. The van der Waals surface area contributed by atoms with Crippen LogP contribution in [0.5, 0.6) is 0 Å². The second kappa shape index (κ2) is 8.38. The first kappa shape index (κ1) is 20.3. The number of hydrogen-bond acceptors (Lipinski definition) is 5. The highest BCUT2D eigenvalue weighted by Gasteiger charge is 2.31. The van der Waals surface area contributed by atoms with Crippen LogP contribution >= 0.6 is 0 Å². The minimum Gasteiger partial charge on any atom is -0.352 e. The second-order valence-electron chi connectivity index (χ2n) is 8.13. The van der Waals surface area contributed by atoms with Crippen molar-refractivity contribution < 1.29 is 9.18 Å². The molecule has 0 spiro atoms. The molecule has 4 heterocycles. The molecule has 2 aromatic rings. The Balaban J connectivity index is 1.78. The van der Waals surface area contributed by atoms with Crippen LogP contribution in [0.1, 0.15) is 49.9 Å². The van der Waals surface area contributed by atoms with Crippen LogP contribution in [0.4, 0.5) is 10.2 Å². The van der Waals surface area contributed by atoms with Gasteiger partial charge in [0.1, 0.15) is 17.2 Å². The van der Waals surface area contributed by atoms with E-state index < -0.39 is 0 Å². The number of allylic oxidation sites excluding steroid dienone is 1. The number of anilines is 1. The van der Waals surface area contributed by atoms with Crippen LogP contribution in [-0.2, 0) is 0 Å². The van der Waals surface area contributed by atoms with Gasteiger partial charge in [-0.15, -0.1) is 0 Å². The minimum absolute atomic E-state index is 0.0467. The Morgan fingerprint density at radius 3 is 3.07 bits per heavy atom. The van der Waals surface area contributed by atoms with Gasteiger partial charge in [0.25, 0.3) is 5.91 Å². The van der Waals surface area contributed by atoms with Crippen LogP contribution in [-0.4, -0.2) is 45.3 Å². The zero-order valence-electron chi connectivity index (χ0n) is 17.4. The van der Waals surface area contributed by atoms with Crippen LogP contribution in [0.2, 0.25) is 0 Å². The fourth-order valence-corrected chi connectivity index (χ4v) is 4.10. The molecule has 2 atom stereocenters. The van der Waals surface area contributed by atoms with E-state index in [1.54, 1.807) is 10.7 Å². The molecule has 0 aromatic carbocycles. The molecule has 1 unspecified atom stereocenters. The van der Waals surface area contributed by atoms with Crippen LogP contribution in [0.25, 0.3) is 5.65 Å². The van der Waals surface area contributed by atoms with Crippen molar-refractivity contribution in [3.05, 3.63) is 48.2 Å². The summed E-state index contributed by atoms with van der Waals surface area (Å²) in [6.07, 6.45) is 8.08. The Hall–Kier alpha value is -3.03. The van der Waals surface area contributed by atoms with Crippen molar-refractivity contribution >= 4 is 23.1 Å². The van der Waals surface area contributed by atoms with E-state index in [9.17, 15) is 9.18 Å². The molecule has 2 aliphatic heterocycles. The standard InChI is InChI=1S/C22H27FN6O/c1-14-6-7-18(24-12-15(2)23)16(3)19-5-4-9-28(19)20-8-10-29-21(27-20)17(13-26-29)22(30)25-11-14/h8,10,12-14,19H,3-7,9,11H2,1-2H3,(H,25,30)/b15-12+,24-18?/t14?,19-/m1/s1. The van der Waals surface area contributed by atoms with Crippen molar-refractivity contribution in [2.45, 2.75) is 45.6 Å². The van der Waals surface area contributed by atoms with Gasteiger partial charge in [0, 0.05) is 25.0 Å². The molecule has 0 aliphatic carbocycles. The smallest absolute Gasteiger partial charge is 0.256 e. The molecule has 8 heteroatoms. The number of nitrogens with zero attached hydrogens (tertiary/aromatic N) is 5. The summed E-state index contributed by atoms with van der Waals surface area (Å²) in [7, 11) is 0. The highest BCUT2D eigenvalue weighted by atomic mass is 19.1. The van der Waals surface area contributed by atoms with Crippen molar-refractivity contribution in [3.63, 3.8) is 0 Å². The van der Waals surface area contributed by atoms with Gasteiger partial charge in [0.2, 0.25) is 0 Å². The summed E-state index contributed by atoms with van der Waals surface area (Å²) in [6, 6.07) is 1.95. The lowest BCUT2D eigenvalue weighted by Gasteiger charge is -2.28. The SMILES string of the molecule is C=C1C(=N/C=C(\C)F)CCC(C)CNC(=O)c2cnn3ccc(nc23)N2CCC[C@H]12. The molecule has 1 amide bonds. The van der Waals surface area contributed by atoms with Crippen molar-refractivity contribution in [2.24, 2.45) is 10.9 Å². The molecule has 0 saturated carbocycles. The summed E-state index contributed by atoms with van der Waals surface area (Å²) in [5, 5.41) is 7.25. The third-order valence-electron chi connectivity index (χ3n) is 5.80. The fraction of sp³-hybridized carbons (Fsp3) is 0.455. The quantitative estimate of drug-likeness (QED) is 0.778. The Labute approximate surface area is 175 Å². The first-order valence-electron chi connectivity index (χ1n) is 10.4. The van der Waals surface area contributed by atoms with Gasteiger partial charge >= 0.3 is 0 Å². The number of aliphatic imine (C=N–C) groups is 1. The van der Waals surface area contributed by atoms with Gasteiger partial charge in [-0.25, -0.2) is 13.9 Å². The molecule has 1 saturated heterocycles. The number of nitrogens with one attached hydrogen (secondary N) is 1. The molecular weight excluding hydrogens is 383 g/mol. The fourth-order valence-electron chi connectivity index (χ4n) is 4.10. The van der Waals surface area contributed by atoms with Crippen molar-refractivity contribution in [1.29, 1.82) is 0 Å². The maximum absolute atomic E-state index is 13.4. The molecule has 30 heavy (non-hydrogen) atoms. The predicted octanol–water partition coefficient (Wildman–Crippen LogP) is 3.69. The van der Waals surface area contributed by atoms with Gasteiger partial charge in [-0.2, -0.15) is 5.10 Å². The van der Waals surface area contributed by atoms with Crippen LogP contribution in [0.3, 0.4) is 0 Å². The van der Waals surface area contributed by atoms with Crippen molar-refractivity contribution in [3.8, 4) is 0 Å². The molecule has 0 radical (unpaired) electrons. The first-order valence-corrected chi connectivity index (χ1v) is 10.4. The number of rotatable bonds is 1. The lowest BCUT2D eigenvalue weighted by molar-refractivity contribution is 0.0949. The second-order valence-corrected chi connectivity index (χ2v) is 8.13. The molecular formula is C22H27FN6O. The van der Waals surface area contributed by atoms with E-state index in [0.717, 1.165) is 42.9 Å². The third kappa shape index (κ3) is 3.99. The molecule has 2 aromatic heterocycles. The molecule has 4 rings (SSSR count). The number of amides is 1.